The lowest BCUT2D eigenvalue weighted by Gasteiger charge is -2.26. The SMILES string of the molecule is O=C1[C@@H]2[C@@H](C(=O)N1c1cccc(C(F)(F)F)c1)[C@@]1(CO)C=C[C@H]2O1. The Balaban J connectivity index is 1.75. The van der Waals surface area contributed by atoms with Gasteiger partial charge in [0.15, 0.2) is 0 Å². The van der Waals surface area contributed by atoms with Gasteiger partial charge in [0, 0.05) is 0 Å². The van der Waals surface area contributed by atoms with Crippen molar-refractivity contribution in [3.05, 3.63) is 42.0 Å². The molecule has 1 aromatic rings. The third kappa shape index (κ3) is 1.83. The van der Waals surface area contributed by atoms with Crippen molar-refractivity contribution in [2.24, 2.45) is 11.8 Å². The van der Waals surface area contributed by atoms with Crippen molar-refractivity contribution in [3.63, 3.8) is 0 Å². The van der Waals surface area contributed by atoms with Crippen LogP contribution in [0.3, 0.4) is 0 Å². The van der Waals surface area contributed by atoms with Gasteiger partial charge >= 0.3 is 6.18 Å². The van der Waals surface area contributed by atoms with E-state index < -0.39 is 53.7 Å². The van der Waals surface area contributed by atoms with Gasteiger partial charge in [-0.05, 0) is 18.2 Å². The summed E-state index contributed by atoms with van der Waals surface area (Å²) < 4.78 is 44.2. The average Bonchev–Trinajstić information content (AvgIpc) is 3.18. The zero-order valence-electron chi connectivity index (χ0n) is 12.2. The van der Waals surface area contributed by atoms with Crippen LogP contribution >= 0.6 is 0 Å². The summed E-state index contributed by atoms with van der Waals surface area (Å²) >= 11 is 0. The molecule has 0 aromatic heterocycles. The zero-order chi connectivity index (χ0) is 17.3. The number of ether oxygens (including phenoxy) is 1. The van der Waals surface area contributed by atoms with Crippen molar-refractivity contribution in [2.75, 3.05) is 11.5 Å². The van der Waals surface area contributed by atoms with Crippen LogP contribution in [0.2, 0.25) is 0 Å². The van der Waals surface area contributed by atoms with Crippen LogP contribution in [-0.4, -0.2) is 35.2 Å². The molecule has 3 aliphatic heterocycles. The first kappa shape index (κ1) is 15.3. The molecule has 1 N–H and O–H groups in total. The summed E-state index contributed by atoms with van der Waals surface area (Å²) in [7, 11) is 0. The van der Waals surface area contributed by atoms with Crippen LogP contribution in [0.15, 0.2) is 36.4 Å². The van der Waals surface area contributed by atoms with Gasteiger partial charge in [-0.15, -0.1) is 0 Å². The van der Waals surface area contributed by atoms with Gasteiger partial charge in [-0.2, -0.15) is 13.2 Å². The molecule has 0 radical (unpaired) electrons. The molecule has 8 heteroatoms. The third-order valence-electron chi connectivity index (χ3n) is 4.83. The van der Waals surface area contributed by atoms with Gasteiger partial charge in [0.25, 0.3) is 0 Å². The number of hydrogen-bond acceptors (Lipinski definition) is 4. The molecule has 2 fully saturated rings. The Morgan fingerprint density at radius 2 is 2.00 bits per heavy atom. The number of rotatable bonds is 2. The lowest BCUT2D eigenvalue weighted by Crippen LogP contribution is -2.43. The van der Waals surface area contributed by atoms with Crippen LogP contribution in [0.25, 0.3) is 0 Å². The van der Waals surface area contributed by atoms with Crippen LogP contribution in [0.5, 0.6) is 0 Å². The monoisotopic (exact) mass is 339 g/mol. The maximum Gasteiger partial charge on any atom is 0.416 e. The van der Waals surface area contributed by atoms with E-state index >= 15 is 0 Å². The normalized spacial score (nSPS) is 34.3. The van der Waals surface area contributed by atoms with Gasteiger partial charge in [-0.25, -0.2) is 4.90 Å². The second kappa shape index (κ2) is 4.67. The van der Waals surface area contributed by atoms with E-state index in [0.717, 1.165) is 23.1 Å². The number of carbonyl (C=O) groups is 2. The van der Waals surface area contributed by atoms with Gasteiger partial charge in [0.05, 0.1) is 35.8 Å². The van der Waals surface area contributed by atoms with E-state index in [9.17, 15) is 27.9 Å². The molecule has 0 saturated carbocycles. The number of fused-ring (bicyclic) bond motifs is 5. The largest absolute Gasteiger partial charge is 0.416 e. The van der Waals surface area contributed by atoms with Gasteiger partial charge in [-0.3, -0.25) is 9.59 Å². The summed E-state index contributed by atoms with van der Waals surface area (Å²) in [4.78, 5) is 26.1. The molecule has 4 atom stereocenters. The van der Waals surface area contributed by atoms with Crippen molar-refractivity contribution >= 4 is 17.5 Å². The number of halogens is 3. The van der Waals surface area contributed by atoms with Crippen molar-refractivity contribution in [1.29, 1.82) is 0 Å². The fourth-order valence-electron chi connectivity index (χ4n) is 3.76. The zero-order valence-corrected chi connectivity index (χ0v) is 12.2. The van der Waals surface area contributed by atoms with E-state index in [-0.39, 0.29) is 5.69 Å². The predicted molar refractivity (Wildman–Crippen MR) is 74.7 cm³/mol. The van der Waals surface area contributed by atoms with Gasteiger partial charge in [0.1, 0.15) is 5.60 Å². The molecule has 2 bridgehead atoms. The highest BCUT2D eigenvalue weighted by Gasteiger charge is 2.67. The highest BCUT2D eigenvalue weighted by molar-refractivity contribution is 6.23. The van der Waals surface area contributed by atoms with Gasteiger partial charge in [0.2, 0.25) is 11.8 Å². The summed E-state index contributed by atoms with van der Waals surface area (Å²) in [6.45, 7) is -0.476. The number of aliphatic hydroxyl groups is 1. The Hall–Kier alpha value is -2.19. The molecule has 4 rings (SSSR count). The van der Waals surface area contributed by atoms with E-state index in [1.165, 1.54) is 6.07 Å². The first-order chi connectivity index (χ1) is 11.3. The van der Waals surface area contributed by atoms with Gasteiger partial charge in [-0.1, -0.05) is 18.2 Å². The topological polar surface area (TPSA) is 66.8 Å². The number of benzene rings is 1. The van der Waals surface area contributed by atoms with Crippen LogP contribution in [0.1, 0.15) is 5.56 Å². The fraction of sp³-hybridized carbons (Fsp3) is 0.375. The van der Waals surface area contributed by atoms with E-state index in [1.807, 2.05) is 0 Å². The van der Waals surface area contributed by atoms with Crippen LogP contribution in [0.4, 0.5) is 18.9 Å². The molecular weight excluding hydrogens is 327 g/mol. The van der Waals surface area contributed by atoms with Crippen LogP contribution in [-0.2, 0) is 20.5 Å². The minimum absolute atomic E-state index is 0.123. The third-order valence-corrected chi connectivity index (χ3v) is 4.83. The molecule has 2 saturated heterocycles. The lowest BCUT2D eigenvalue weighted by molar-refractivity contribution is -0.138. The minimum Gasteiger partial charge on any atom is -0.393 e. The second-order valence-electron chi connectivity index (χ2n) is 6.12. The Labute approximate surface area is 134 Å². The number of nitrogens with zero attached hydrogens (tertiary/aromatic N) is 1. The van der Waals surface area contributed by atoms with E-state index in [1.54, 1.807) is 12.2 Å². The van der Waals surface area contributed by atoms with E-state index in [4.69, 9.17) is 4.74 Å². The van der Waals surface area contributed by atoms with Crippen molar-refractivity contribution in [3.8, 4) is 0 Å². The number of imide groups is 1. The quantitative estimate of drug-likeness (QED) is 0.655. The number of hydrogen-bond donors (Lipinski definition) is 1. The Kier molecular flexibility index (Phi) is 2.99. The molecule has 126 valence electrons. The lowest BCUT2D eigenvalue weighted by atomic mass is 9.77. The molecule has 2 amide bonds. The fourth-order valence-corrected chi connectivity index (χ4v) is 3.76. The van der Waals surface area contributed by atoms with E-state index in [0.29, 0.717) is 0 Å². The highest BCUT2D eigenvalue weighted by Crippen LogP contribution is 2.52. The second-order valence-corrected chi connectivity index (χ2v) is 6.12. The molecule has 5 nitrogen and oxygen atoms in total. The standard InChI is InChI=1S/C16H12F3NO4/c17-16(18,19)8-2-1-3-9(6-8)20-13(22)11-10-4-5-15(7-21,24-10)12(11)14(20)23/h1-6,10-12,21H,7H2/t10-,11+,12+,15+/m1/s1. The molecule has 1 aromatic carbocycles. The Morgan fingerprint density at radius 3 is 2.67 bits per heavy atom. The average molecular weight is 339 g/mol. The Morgan fingerprint density at radius 1 is 1.25 bits per heavy atom. The molecule has 0 unspecified atom stereocenters. The predicted octanol–water partition coefficient (Wildman–Crippen LogP) is 1.51. The summed E-state index contributed by atoms with van der Waals surface area (Å²) in [6.07, 6.45) is -2.06. The summed E-state index contributed by atoms with van der Waals surface area (Å²) in [5, 5.41) is 9.59. The first-order valence-electron chi connectivity index (χ1n) is 7.32. The number of amides is 2. The molecular formula is C16H12F3NO4. The van der Waals surface area contributed by atoms with Gasteiger partial charge < -0.3 is 9.84 Å². The summed E-state index contributed by atoms with van der Waals surface area (Å²) in [5.41, 5.74) is -2.33. The maximum atomic E-state index is 12.9. The van der Waals surface area contributed by atoms with Crippen LogP contribution < -0.4 is 4.90 Å². The molecule has 0 spiro atoms. The molecule has 3 heterocycles. The van der Waals surface area contributed by atoms with Crippen molar-refractivity contribution in [1.82, 2.24) is 0 Å². The smallest absolute Gasteiger partial charge is 0.393 e. The molecule has 24 heavy (non-hydrogen) atoms. The van der Waals surface area contributed by atoms with E-state index in [2.05, 4.69) is 0 Å². The highest BCUT2D eigenvalue weighted by atomic mass is 19.4. The summed E-state index contributed by atoms with van der Waals surface area (Å²) in [6, 6.07) is 4.09. The minimum atomic E-state index is -4.58. The summed E-state index contributed by atoms with van der Waals surface area (Å²) in [5.74, 6) is -2.98. The maximum absolute atomic E-state index is 12.9. The molecule has 3 aliphatic rings. The molecule has 0 aliphatic carbocycles. The number of carbonyl (C=O) groups excluding carboxylic acids is 2. The number of aliphatic hydroxyl groups excluding tert-OH is 1. The van der Waals surface area contributed by atoms with Crippen molar-refractivity contribution < 1.29 is 32.6 Å². The Bertz CT molecular complexity index is 775. The number of anilines is 1. The van der Waals surface area contributed by atoms with Crippen molar-refractivity contribution in [2.45, 2.75) is 17.9 Å². The van der Waals surface area contributed by atoms with Crippen LogP contribution in [0, 0.1) is 11.8 Å². The first-order valence-corrected chi connectivity index (χ1v) is 7.32. The number of alkyl halides is 3.